The molecule has 5 atom stereocenters. The zero-order valence-corrected chi connectivity index (χ0v) is 19.2. The Hall–Kier alpha value is -3.00. The molecule has 2 fully saturated rings. The summed E-state index contributed by atoms with van der Waals surface area (Å²) in [4.78, 5) is 36.1. The number of hydrogen-bond donors (Lipinski definition) is 0. The van der Waals surface area contributed by atoms with E-state index < -0.39 is 11.0 Å². The highest BCUT2D eigenvalue weighted by Gasteiger charge is 2.69. The highest BCUT2D eigenvalue weighted by atomic mass is 16.6. The second kappa shape index (κ2) is 7.52. The van der Waals surface area contributed by atoms with Crippen LogP contribution in [0.4, 0.5) is 0 Å². The number of ketones is 2. The minimum absolute atomic E-state index is 0.00469. The zero-order valence-electron chi connectivity index (χ0n) is 19.2. The molecule has 0 aromatic heterocycles. The van der Waals surface area contributed by atoms with Crippen LogP contribution in [0.15, 0.2) is 47.1 Å². The van der Waals surface area contributed by atoms with Gasteiger partial charge in [-0.3, -0.25) is 19.7 Å². The van der Waals surface area contributed by atoms with E-state index in [0.29, 0.717) is 24.8 Å². The molecular formula is C28H29NO4. The first-order valence-electron chi connectivity index (χ1n) is 11.9. The number of carbonyl (C=O) groups excluding carboxylic acids is 2. The van der Waals surface area contributed by atoms with Crippen molar-refractivity contribution >= 4 is 11.6 Å². The first-order chi connectivity index (χ1) is 15.7. The normalized spacial score (nSPS) is 35.1. The van der Waals surface area contributed by atoms with Crippen molar-refractivity contribution < 1.29 is 14.5 Å². The number of benzene rings is 1. The van der Waals surface area contributed by atoms with E-state index in [-0.39, 0.29) is 34.2 Å². The number of carbonyl (C=O) groups is 2. The summed E-state index contributed by atoms with van der Waals surface area (Å²) in [5.41, 5.74) is 3.58. The Balaban J connectivity index is 1.70. The van der Waals surface area contributed by atoms with Gasteiger partial charge in [-0.25, -0.2) is 0 Å². The van der Waals surface area contributed by atoms with Crippen LogP contribution in [0.3, 0.4) is 0 Å². The fourth-order valence-electron chi connectivity index (χ4n) is 7.50. The Morgan fingerprint density at radius 1 is 1.18 bits per heavy atom. The number of fused-ring (bicyclic) bond motifs is 4. The summed E-state index contributed by atoms with van der Waals surface area (Å²) in [5.74, 6) is 3.25. The molecule has 170 valence electrons. The van der Waals surface area contributed by atoms with Crippen LogP contribution in [-0.2, 0) is 4.79 Å². The van der Waals surface area contributed by atoms with E-state index in [1.165, 1.54) is 11.1 Å². The van der Waals surface area contributed by atoms with Gasteiger partial charge in [0, 0.05) is 29.2 Å². The molecule has 0 bridgehead atoms. The van der Waals surface area contributed by atoms with Gasteiger partial charge in [-0.05, 0) is 79.6 Å². The van der Waals surface area contributed by atoms with Crippen molar-refractivity contribution in [2.24, 2.45) is 17.3 Å². The number of allylic oxidation sites excluding steroid dienone is 4. The van der Waals surface area contributed by atoms with Crippen molar-refractivity contribution in [3.63, 3.8) is 0 Å². The predicted molar refractivity (Wildman–Crippen MR) is 125 cm³/mol. The largest absolute Gasteiger partial charge is 0.295 e. The number of nitro groups is 1. The summed E-state index contributed by atoms with van der Waals surface area (Å²) in [7, 11) is 0. The van der Waals surface area contributed by atoms with Gasteiger partial charge in [0.2, 0.25) is 0 Å². The van der Waals surface area contributed by atoms with Crippen LogP contribution in [0.2, 0.25) is 0 Å². The molecular weight excluding hydrogens is 414 g/mol. The van der Waals surface area contributed by atoms with Crippen molar-refractivity contribution in [3.8, 4) is 12.3 Å². The molecule has 0 aliphatic heterocycles. The van der Waals surface area contributed by atoms with Gasteiger partial charge in [0.1, 0.15) is 0 Å². The Labute approximate surface area is 194 Å². The third kappa shape index (κ3) is 3.00. The minimum atomic E-state index is -1.36. The molecule has 1 aromatic carbocycles. The molecule has 0 radical (unpaired) electrons. The molecule has 5 heteroatoms. The molecule has 4 aliphatic carbocycles. The van der Waals surface area contributed by atoms with E-state index in [2.05, 4.69) is 5.92 Å². The molecule has 0 heterocycles. The van der Waals surface area contributed by atoms with Crippen LogP contribution in [0.25, 0.3) is 0 Å². The number of terminal acetylenes is 1. The molecule has 0 unspecified atom stereocenters. The van der Waals surface area contributed by atoms with E-state index in [1.807, 2.05) is 37.3 Å². The van der Waals surface area contributed by atoms with Crippen LogP contribution >= 0.6 is 0 Å². The second-order valence-corrected chi connectivity index (χ2v) is 10.5. The third-order valence-corrected chi connectivity index (χ3v) is 9.16. The molecule has 1 aromatic rings. The summed E-state index contributed by atoms with van der Waals surface area (Å²) < 4.78 is 0. The summed E-state index contributed by atoms with van der Waals surface area (Å²) in [6.45, 7) is 3.59. The SMILES string of the molecule is C#C[C@]1([N+](=O)[O-])CC[C@H]2[C@@H]3CCC4=CC(=O)CCC4=C3[C@@H](c3ccc(C(C)=O)cc3)C[C@@]21C. The van der Waals surface area contributed by atoms with Crippen LogP contribution in [-0.4, -0.2) is 22.0 Å². The van der Waals surface area contributed by atoms with Gasteiger partial charge in [-0.2, -0.15) is 0 Å². The fraction of sp³-hybridized carbons (Fsp3) is 0.500. The van der Waals surface area contributed by atoms with E-state index in [0.717, 1.165) is 36.8 Å². The van der Waals surface area contributed by atoms with Crippen LogP contribution < -0.4 is 0 Å². The lowest BCUT2D eigenvalue weighted by molar-refractivity contribution is -0.570. The first kappa shape index (κ1) is 21.8. The molecule has 4 aliphatic rings. The maximum absolute atomic E-state index is 12.4. The lowest BCUT2D eigenvalue weighted by atomic mass is 9.50. The van der Waals surface area contributed by atoms with Crippen LogP contribution in [0.1, 0.15) is 80.6 Å². The van der Waals surface area contributed by atoms with Crippen LogP contribution in [0.5, 0.6) is 0 Å². The predicted octanol–water partition coefficient (Wildman–Crippen LogP) is 5.44. The van der Waals surface area contributed by atoms with Crippen molar-refractivity contribution in [1.82, 2.24) is 0 Å². The zero-order chi connectivity index (χ0) is 23.5. The molecule has 0 spiro atoms. The average Bonchev–Trinajstić information content (AvgIpc) is 3.11. The van der Waals surface area contributed by atoms with E-state index in [1.54, 1.807) is 6.92 Å². The monoisotopic (exact) mass is 443 g/mol. The van der Waals surface area contributed by atoms with Gasteiger partial charge in [0.25, 0.3) is 5.54 Å². The highest BCUT2D eigenvalue weighted by molar-refractivity contribution is 5.94. The number of Topliss-reactive ketones (excluding diaryl/α,β-unsaturated/α-hetero) is 1. The summed E-state index contributed by atoms with van der Waals surface area (Å²) in [5, 5.41) is 12.4. The Morgan fingerprint density at radius 3 is 2.55 bits per heavy atom. The topological polar surface area (TPSA) is 77.3 Å². The van der Waals surface area contributed by atoms with Gasteiger partial charge >= 0.3 is 0 Å². The lowest BCUT2D eigenvalue weighted by Crippen LogP contribution is -2.54. The van der Waals surface area contributed by atoms with Crippen molar-refractivity contribution in [1.29, 1.82) is 0 Å². The third-order valence-electron chi connectivity index (χ3n) is 9.16. The molecule has 2 saturated carbocycles. The maximum atomic E-state index is 12.4. The maximum Gasteiger partial charge on any atom is 0.286 e. The lowest BCUT2D eigenvalue weighted by Gasteiger charge is -2.52. The van der Waals surface area contributed by atoms with Crippen molar-refractivity contribution in [3.05, 3.63) is 68.3 Å². The van der Waals surface area contributed by atoms with Gasteiger partial charge in [-0.1, -0.05) is 36.8 Å². The Morgan fingerprint density at radius 2 is 1.91 bits per heavy atom. The molecule has 33 heavy (non-hydrogen) atoms. The molecule has 5 nitrogen and oxygen atoms in total. The van der Waals surface area contributed by atoms with Gasteiger partial charge < -0.3 is 0 Å². The average molecular weight is 444 g/mol. The van der Waals surface area contributed by atoms with E-state index in [9.17, 15) is 19.7 Å². The molecule has 0 saturated heterocycles. The Kier molecular flexibility index (Phi) is 4.97. The summed E-state index contributed by atoms with van der Waals surface area (Å²) in [6, 6.07) is 7.71. The van der Waals surface area contributed by atoms with Gasteiger partial charge in [-0.15, -0.1) is 6.42 Å². The van der Waals surface area contributed by atoms with E-state index in [4.69, 9.17) is 6.42 Å². The quantitative estimate of drug-likeness (QED) is 0.270. The summed E-state index contributed by atoms with van der Waals surface area (Å²) >= 11 is 0. The number of hydrogen-bond acceptors (Lipinski definition) is 4. The summed E-state index contributed by atoms with van der Waals surface area (Å²) in [6.07, 6.45) is 12.5. The highest BCUT2D eigenvalue weighted by Crippen LogP contribution is 2.67. The number of rotatable bonds is 3. The van der Waals surface area contributed by atoms with Gasteiger partial charge in [0.05, 0.1) is 5.41 Å². The number of nitrogens with zero attached hydrogens (tertiary/aromatic N) is 1. The Bertz CT molecular complexity index is 1170. The van der Waals surface area contributed by atoms with Crippen molar-refractivity contribution in [2.75, 3.05) is 0 Å². The first-order valence-corrected chi connectivity index (χ1v) is 11.9. The molecule has 0 amide bonds. The van der Waals surface area contributed by atoms with Gasteiger partial charge in [0.15, 0.2) is 11.6 Å². The molecule has 0 N–H and O–H groups in total. The smallest absolute Gasteiger partial charge is 0.286 e. The van der Waals surface area contributed by atoms with E-state index >= 15 is 0 Å². The minimum Gasteiger partial charge on any atom is -0.295 e. The second-order valence-electron chi connectivity index (χ2n) is 10.5. The fourth-order valence-corrected chi connectivity index (χ4v) is 7.50. The van der Waals surface area contributed by atoms with Crippen LogP contribution in [0, 0.1) is 39.7 Å². The van der Waals surface area contributed by atoms with Crippen molar-refractivity contribution in [2.45, 2.75) is 70.3 Å². The standard InChI is InChI=1S/C28H29NO4/c1-4-28(29(32)33)14-13-25-23-11-9-20-15-21(31)10-12-22(20)26(23)24(16-27(25,28)3)19-7-5-18(6-8-19)17(2)30/h1,5-8,15,23-25H,9-14,16H2,2-3H3/t23-,24+,25-,27-,28-/m0/s1. The molecule has 5 rings (SSSR count).